The highest BCUT2D eigenvalue weighted by atomic mass is 79.9. The molecule has 0 aromatic rings. The third kappa shape index (κ3) is 2.05. The van der Waals surface area contributed by atoms with E-state index < -0.39 is 0 Å². The summed E-state index contributed by atoms with van der Waals surface area (Å²) in [5.41, 5.74) is 0. The van der Waals surface area contributed by atoms with Crippen LogP contribution in [0, 0.1) is 24.2 Å². The van der Waals surface area contributed by atoms with Crippen molar-refractivity contribution in [3.63, 3.8) is 0 Å². The molecule has 0 aromatic carbocycles. The molecule has 0 aliphatic carbocycles. The molecular weight excluding hydrogens is 328 g/mol. The number of hydrogen-bond donors (Lipinski definition) is 0. The zero-order valence-corrected chi connectivity index (χ0v) is 13.0. The highest BCUT2D eigenvalue weighted by Crippen LogP contribution is 2.56. The molecule has 2 nitrogen and oxygen atoms in total. The van der Waals surface area contributed by atoms with Gasteiger partial charge in [0.25, 0.3) is 0 Å². The summed E-state index contributed by atoms with van der Waals surface area (Å²) in [7, 11) is 0. The van der Waals surface area contributed by atoms with Crippen LogP contribution in [-0.4, -0.2) is 23.7 Å². The Morgan fingerprint density at radius 2 is 2.42 bits per heavy atom. The van der Waals surface area contributed by atoms with E-state index in [9.17, 15) is 0 Å². The van der Waals surface area contributed by atoms with Crippen LogP contribution >= 0.6 is 27.5 Å². The second kappa shape index (κ2) is 5.16. The van der Waals surface area contributed by atoms with Crippen LogP contribution in [0.15, 0.2) is 22.4 Å². The average Bonchev–Trinajstić information content (AvgIpc) is 3.02. The lowest BCUT2D eigenvalue weighted by molar-refractivity contribution is 0.0690. The number of ether oxygens (including phenoxy) is 2. The summed E-state index contributed by atoms with van der Waals surface area (Å²) in [5.74, 6) is 4.06. The quantitative estimate of drug-likeness (QED) is 0.576. The maximum Gasteiger partial charge on any atom is 0.128 e. The summed E-state index contributed by atoms with van der Waals surface area (Å²) in [4.78, 5) is 0. The molecule has 6 atom stereocenters. The molecule has 3 saturated heterocycles. The number of hydrogen-bond acceptors (Lipinski definition) is 2. The van der Waals surface area contributed by atoms with Crippen molar-refractivity contribution in [2.45, 2.75) is 43.5 Å². The number of terminal acetylenes is 1. The molecule has 3 rings (SSSR count). The van der Waals surface area contributed by atoms with Crippen molar-refractivity contribution in [2.24, 2.45) is 11.8 Å². The lowest BCUT2D eigenvalue weighted by Gasteiger charge is -2.25. The number of alkyl halides is 1. The zero-order chi connectivity index (χ0) is 13.6. The predicted molar refractivity (Wildman–Crippen MR) is 79.0 cm³/mol. The van der Waals surface area contributed by atoms with Gasteiger partial charge in [0.15, 0.2) is 0 Å². The Balaban J connectivity index is 1.91. The van der Waals surface area contributed by atoms with Crippen molar-refractivity contribution in [3.8, 4) is 12.3 Å². The van der Waals surface area contributed by atoms with Crippen molar-refractivity contribution >= 4 is 27.5 Å². The van der Waals surface area contributed by atoms with Crippen LogP contribution in [0.3, 0.4) is 0 Å². The summed E-state index contributed by atoms with van der Waals surface area (Å²) in [6.45, 7) is 2.11. The Morgan fingerprint density at radius 3 is 3.11 bits per heavy atom. The fourth-order valence-electron chi connectivity index (χ4n) is 3.50. The van der Waals surface area contributed by atoms with Gasteiger partial charge in [0.1, 0.15) is 18.0 Å². The summed E-state index contributed by atoms with van der Waals surface area (Å²) in [6.07, 6.45) is 11.3. The van der Waals surface area contributed by atoms with E-state index in [1.165, 1.54) is 0 Å². The van der Waals surface area contributed by atoms with Crippen molar-refractivity contribution in [1.29, 1.82) is 0 Å². The first-order chi connectivity index (χ1) is 9.17. The molecule has 3 aliphatic heterocycles. The van der Waals surface area contributed by atoms with Crippen molar-refractivity contribution in [2.75, 3.05) is 0 Å². The lowest BCUT2D eigenvalue weighted by Crippen LogP contribution is -2.34. The SMILES string of the molecule is C#C/C=C\[C@@H](Cl)[C@H]1[C@H]2/C(=C(\Br)CC)O[C@H]3C[C@@H]1O[C@@H]23. The van der Waals surface area contributed by atoms with Gasteiger partial charge in [0, 0.05) is 16.8 Å². The summed E-state index contributed by atoms with van der Waals surface area (Å²) < 4.78 is 13.2. The van der Waals surface area contributed by atoms with Gasteiger partial charge >= 0.3 is 0 Å². The Labute approximate surface area is 127 Å². The summed E-state index contributed by atoms with van der Waals surface area (Å²) in [6, 6.07) is 0. The van der Waals surface area contributed by atoms with Gasteiger partial charge < -0.3 is 9.47 Å². The minimum absolute atomic E-state index is 0.106. The van der Waals surface area contributed by atoms with Gasteiger partial charge in [-0.05, 0) is 12.5 Å². The maximum absolute atomic E-state index is 6.51. The molecule has 102 valence electrons. The first-order valence-electron chi connectivity index (χ1n) is 6.64. The van der Waals surface area contributed by atoms with Gasteiger partial charge in [0.05, 0.1) is 17.4 Å². The minimum atomic E-state index is -0.106. The molecule has 0 spiro atoms. The molecule has 0 aromatic heterocycles. The fraction of sp³-hybridized carbons (Fsp3) is 0.600. The van der Waals surface area contributed by atoms with Crippen molar-refractivity contribution < 1.29 is 9.47 Å². The zero-order valence-electron chi connectivity index (χ0n) is 10.7. The first-order valence-corrected chi connectivity index (χ1v) is 7.87. The molecule has 0 radical (unpaired) electrons. The predicted octanol–water partition coefficient (Wildman–Crippen LogP) is 3.60. The van der Waals surface area contributed by atoms with Gasteiger partial charge in [-0.15, -0.1) is 18.0 Å². The van der Waals surface area contributed by atoms with E-state index in [0.717, 1.165) is 23.1 Å². The van der Waals surface area contributed by atoms with Crippen molar-refractivity contribution in [1.82, 2.24) is 0 Å². The molecule has 0 N–H and O–H groups in total. The van der Waals surface area contributed by atoms with Gasteiger partial charge in [-0.25, -0.2) is 0 Å². The number of fused-ring (bicyclic) bond motifs is 1. The second-order valence-corrected chi connectivity index (χ2v) is 6.69. The third-order valence-electron chi connectivity index (χ3n) is 4.26. The Hall–Kier alpha value is -0.430. The maximum atomic E-state index is 6.51. The van der Waals surface area contributed by atoms with E-state index in [-0.39, 0.29) is 35.5 Å². The molecule has 3 heterocycles. The van der Waals surface area contributed by atoms with E-state index in [1.54, 1.807) is 6.08 Å². The van der Waals surface area contributed by atoms with Gasteiger partial charge in [-0.3, -0.25) is 0 Å². The fourth-order valence-corrected chi connectivity index (χ4v) is 4.25. The van der Waals surface area contributed by atoms with Crippen LogP contribution in [0.1, 0.15) is 19.8 Å². The van der Waals surface area contributed by atoms with Crippen LogP contribution < -0.4 is 0 Å². The normalized spacial score (nSPS) is 43.4. The van der Waals surface area contributed by atoms with Gasteiger partial charge in [0.2, 0.25) is 0 Å². The molecule has 19 heavy (non-hydrogen) atoms. The van der Waals surface area contributed by atoms with Gasteiger partial charge in [-0.2, -0.15) is 0 Å². The Kier molecular flexibility index (Phi) is 3.68. The molecule has 3 aliphatic rings. The number of halogens is 2. The Bertz CT molecular complexity index is 477. The largest absolute Gasteiger partial charge is 0.491 e. The highest BCUT2D eigenvalue weighted by Gasteiger charge is 2.63. The monoisotopic (exact) mass is 342 g/mol. The molecule has 0 amide bonds. The smallest absolute Gasteiger partial charge is 0.128 e. The van der Waals surface area contributed by atoms with Crippen LogP contribution in [-0.2, 0) is 9.47 Å². The van der Waals surface area contributed by atoms with E-state index in [4.69, 9.17) is 27.5 Å². The standard InChI is InChI=1S/C15H16BrClO2/c1-3-5-6-9(17)12-10-7-11-15(18-10)13(12)14(19-11)8(16)4-2/h1,5-6,9-13,15H,4,7H2,2H3/b6-5-,14-8+/t9-,10+,11+,12-,13+,15-/m1/s1. The third-order valence-corrected chi connectivity index (χ3v) is 5.65. The van der Waals surface area contributed by atoms with Crippen molar-refractivity contribution in [3.05, 3.63) is 22.4 Å². The van der Waals surface area contributed by atoms with Crippen LogP contribution in [0.2, 0.25) is 0 Å². The van der Waals surface area contributed by atoms with E-state index in [0.29, 0.717) is 0 Å². The minimum Gasteiger partial charge on any atom is -0.491 e. The first kappa shape index (κ1) is 13.5. The topological polar surface area (TPSA) is 18.5 Å². The molecule has 2 bridgehead atoms. The molecule has 0 unspecified atom stereocenters. The van der Waals surface area contributed by atoms with Crippen LogP contribution in [0.4, 0.5) is 0 Å². The van der Waals surface area contributed by atoms with Crippen LogP contribution in [0.5, 0.6) is 0 Å². The number of rotatable bonds is 3. The van der Waals surface area contributed by atoms with Crippen LogP contribution in [0.25, 0.3) is 0 Å². The Morgan fingerprint density at radius 1 is 1.63 bits per heavy atom. The summed E-state index contributed by atoms with van der Waals surface area (Å²) in [5, 5.41) is -0.106. The lowest BCUT2D eigenvalue weighted by atomic mass is 9.77. The van der Waals surface area contributed by atoms with Gasteiger partial charge in [-0.1, -0.05) is 34.9 Å². The molecular formula is C15H16BrClO2. The highest BCUT2D eigenvalue weighted by molar-refractivity contribution is 9.11. The van der Waals surface area contributed by atoms with E-state index in [1.807, 2.05) is 6.08 Å². The van der Waals surface area contributed by atoms with E-state index in [2.05, 4.69) is 28.8 Å². The van der Waals surface area contributed by atoms with E-state index >= 15 is 0 Å². The summed E-state index contributed by atoms with van der Waals surface area (Å²) >= 11 is 10.1. The number of allylic oxidation sites excluding steroid dienone is 3. The molecule has 4 heteroatoms. The molecule has 0 saturated carbocycles. The average molecular weight is 344 g/mol. The second-order valence-electron chi connectivity index (χ2n) is 5.23. The molecule has 3 fully saturated rings.